The fraction of sp³-hybridized carbons (Fsp3) is 0.537. The van der Waals surface area contributed by atoms with Crippen molar-refractivity contribution in [2.45, 2.75) is 98.0 Å². The zero-order valence-corrected chi connectivity index (χ0v) is 33.9. The first-order valence-electron chi connectivity index (χ1n) is 19.0. The first-order valence-corrected chi connectivity index (χ1v) is 19.9. The highest BCUT2D eigenvalue weighted by Gasteiger charge is 2.37. The van der Waals surface area contributed by atoms with E-state index in [1.807, 2.05) is 51.2 Å². The van der Waals surface area contributed by atoms with E-state index in [-0.39, 0.29) is 36.9 Å². The fourth-order valence-corrected chi connectivity index (χ4v) is 8.80. The van der Waals surface area contributed by atoms with Gasteiger partial charge in [-0.2, -0.15) is 0 Å². The van der Waals surface area contributed by atoms with Crippen molar-refractivity contribution in [2.75, 3.05) is 34.4 Å². The highest BCUT2D eigenvalue weighted by molar-refractivity contribution is 7.10. The number of fused-ring (bicyclic) bond motifs is 6. The molecule has 2 aliphatic heterocycles. The van der Waals surface area contributed by atoms with Crippen LogP contribution in [0.15, 0.2) is 41.9 Å². The molecule has 5 heterocycles. The van der Waals surface area contributed by atoms with Crippen molar-refractivity contribution < 1.29 is 23.9 Å². The van der Waals surface area contributed by atoms with Crippen LogP contribution in [0.3, 0.4) is 0 Å². The molecule has 1 fully saturated rings. The van der Waals surface area contributed by atoms with Crippen LogP contribution in [0.5, 0.6) is 0 Å². The predicted molar refractivity (Wildman–Crippen MR) is 212 cm³/mol. The van der Waals surface area contributed by atoms with Gasteiger partial charge in [0.15, 0.2) is 0 Å². The minimum Gasteiger partial charge on any atom is -0.464 e. The van der Waals surface area contributed by atoms with E-state index < -0.39 is 29.5 Å². The van der Waals surface area contributed by atoms with Gasteiger partial charge in [0.05, 0.1) is 40.8 Å². The SMILES string of the molecule is CCn1c(-c2cccnc2C(C)OC)c2c3cc(ccc31)-c1csc(n1)CC(NC(=O)C(C(C)C)N(C)C)C(=O)N1CCCC(N1)C(=O)OCC(C)(C)C2. The first kappa shape index (κ1) is 39.5. The van der Waals surface area contributed by atoms with Gasteiger partial charge in [-0.1, -0.05) is 33.8 Å². The van der Waals surface area contributed by atoms with Crippen LogP contribution in [0.1, 0.15) is 76.8 Å². The summed E-state index contributed by atoms with van der Waals surface area (Å²) in [6, 6.07) is 8.51. The molecule has 2 N–H and O–H groups in total. The van der Waals surface area contributed by atoms with E-state index in [2.05, 4.69) is 60.3 Å². The molecule has 0 aliphatic carbocycles. The number of carbonyl (C=O) groups is 3. The zero-order chi connectivity index (χ0) is 38.9. The van der Waals surface area contributed by atoms with Crippen LogP contribution in [-0.2, 0) is 43.2 Å². The number of cyclic esters (lactones) is 1. The van der Waals surface area contributed by atoms with Gasteiger partial charge in [-0.15, -0.1) is 11.3 Å². The highest BCUT2D eigenvalue weighted by Crippen LogP contribution is 2.42. The van der Waals surface area contributed by atoms with Crippen LogP contribution >= 0.6 is 11.3 Å². The van der Waals surface area contributed by atoms with Crippen LogP contribution < -0.4 is 10.7 Å². The molecule has 12 nitrogen and oxygen atoms in total. The van der Waals surface area contributed by atoms with Crippen LogP contribution in [0.4, 0.5) is 0 Å². The summed E-state index contributed by atoms with van der Waals surface area (Å²) in [5.41, 5.74) is 9.62. The number of rotatable bonds is 8. The second-order valence-electron chi connectivity index (χ2n) is 15.9. The van der Waals surface area contributed by atoms with Crippen molar-refractivity contribution in [3.05, 3.63) is 58.2 Å². The molecule has 4 aromatic rings. The molecule has 6 rings (SSSR count). The number of hydrazine groups is 1. The fourth-order valence-electron chi connectivity index (χ4n) is 7.95. The Morgan fingerprint density at radius 2 is 1.98 bits per heavy atom. The summed E-state index contributed by atoms with van der Waals surface area (Å²) in [6.45, 7) is 13.7. The number of benzene rings is 1. The smallest absolute Gasteiger partial charge is 0.324 e. The number of hydrogen-bond donors (Lipinski definition) is 2. The number of ether oxygens (including phenoxy) is 2. The van der Waals surface area contributed by atoms with E-state index in [1.165, 1.54) is 16.3 Å². The van der Waals surface area contributed by atoms with Crippen molar-refractivity contribution in [3.8, 4) is 22.5 Å². The molecule has 2 aliphatic rings. The van der Waals surface area contributed by atoms with E-state index in [1.54, 1.807) is 13.3 Å². The number of hydrogen-bond acceptors (Lipinski definition) is 10. The lowest BCUT2D eigenvalue weighted by Crippen LogP contribution is -2.61. The molecule has 4 unspecified atom stereocenters. The molecule has 0 saturated carbocycles. The first-order chi connectivity index (χ1) is 25.7. The van der Waals surface area contributed by atoms with Gasteiger partial charge in [0.25, 0.3) is 5.91 Å². The average molecular weight is 758 g/mol. The number of carbonyl (C=O) groups excluding carboxylic acids is 3. The number of aryl methyl sites for hydroxylation is 1. The minimum absolute atomic E-state index is 0.0216. The van der Waals surface area contributed by atoms with Gasteiger partial charge in [0, 0.05) is 65.6 Å². The van der Waals surface area contributed by atoms with Crippen LogP contribution in [-0.4, -0.2) is 94.7 Å². The van der Waals surface area contributed by atoms with Gasteiger partial charge >= 0.3 is 5.97 Å². The van der Waals surface area contributed by atoms with E-state index in [9.17, 15) is 14.4 Å². The van der Waals surface area contributed by atoms with Gasteiger partial charge in [-0.05, 0) is 83.0 Å². The summed E-state index contributed by atoms with van der Waals surface area (Å²) in [5, 5.41) is 8.39. The lowest BCUT2D eigenvalue weighted by molar-refractivity contribution is -0.155. The van der Waals surface area contributed by atoms with Crippen molar-refractivity contribution in [3.63, 3.8) is 0 Å². The lowest BCUT2D eigenvalue weighted by Gasteiger charge is -2.36. The third-order valence-electron chi connectivity index (χ3n) is 10.6. The Balaban J connectivity index is 1.49. The summed E-state index contributed by atoms with van der Waals surface area (Å²) in [7, 11) is 5.42. The standard InChI is InChI=1S/C41H55N7O5S/c1-10-47-33-16-15-26-19-28(33)29(37(47)27-13-11-17-42-35(27)25(4)52-9)21-41(5,6)23-53-40(51)30-14-12-18-48(45-30)39(50)31(20-34-43-32(26)22-54-34)44-38(49)36(24(2)3)46(7)8/h11,13,15-17,19,22,24-25,30-31,36,45H,10,12,14,18,20-21,23H2,1-9H3,(H,44,49). The van der Waals surface area contributed by atoms with E-state index in [4.69, 9.17) is 19.4 Å². The molecule has 2 amide bonds. The molecule has 13 heteroatoms. The number of likely N-dealkylation sites (N-methyl/N-ethyl adjacent to an activating group) is 1. The van der Waals surface area contributed by atoms with Crippen molar-refractivity contribution in [1.29, 1.82) is 0 Å². The number of esters is 1. The summed E-state index contributed by atoms with van der Waals surface area (Å²) in [6.07, 6.45) is 3.55. The maximum Gasteiger partial charge on any atom is 0.324 e. The van der Waals surface area contributed by atoms with Crippen LogP contribution in [0, 0.1) is 11.3 Å². The Labute approximate surface area is 322 Å². The molecule has 3 aromatic heterocycles. The molecule has 1 aromatic carbocycles. The largest absolute Gasteiger partial charge is 0.464 e. The number of nitrogens with zero attached hydrogens (tertiary/aromatic N) is 5. The van der Waals surface area contributed by atoms with Gasteiger partial charge < -0.3 is 19.4 Å². The average Bonchev–Trinajstić information content (AvgIpc) is 3.74. The Bertz CT molecular complexity index is 1990. The summed E-state index contributed by atoms with van der Waals surface area (Å²) in [4.78, 5) is 53.3. The molecular weight excluding hydrogens is 703 g/mol. The lowest BCUT2D eigenvalue weighted by atomic mass is 9.84. The topological polar surface area (TPSA) is 131 Å². The Kier molecular flexibility index (Phi) is 11.9. The Morgan fingerprint density at radius 3 is 2.69 bits per heavy atom. The predicted octanol–water partition coefficient (Wildman–Crippen LogP) is 5.79. The number of methoxy groups -OCH3 is 1. The maximum absolute atomic E-state index is 14.2. The third kappa shape index (κ3) is 8.10. The number of nitrogens with one attached hydrogen (secondary N) is 2. The number of pyridine rings is 1. The molecule has 0 spiro atoms. The highest BCUT2D eigenvalue weighted by atomic mass is 32.1. The summed E-state index contributed by atoms with van der Waals surface area (Å²) < 4.78 is 14.2. The molecule has 1 saturated heterocycles. The molecule has 6 bridgehead atoms. The van der Waals surface area contributed by atoms with Gasteiger partial charge in [-0.3, -0.25) is 29.3 Å². The molecule has 4 atom stereocenters. The second kappa shape index (κ2) is 16.3. The van der Waals surface area contributed by atoms with Crippen LogP contribution in [0.25, 0.3) is 33.4 Å². The molecule has 54 heavy (non-hydrogen) atoms. The maximum atomic E-state index is 14.2. The Hall–Kier alpha value is -4.17. The van der Waals surface area contributed by atoms with E-state index in [0.29, 0.717) is 25.8 Å². The minimum atomic E-state index is -0.892. The van der Waals surface area contributed by atoms with Crippen LogP contribution in [0.2, 0.25) is 0 Å². The molecule has 0 radical (unpaired) electrons. The van der Waals surface area contributed by atoms with Crippen molar-refractivity contribution in [1.82, 2.24) is 35.2 Å². The quantitative estimate of drug-likeness (QED) is 0.215. The second-order valence-corrected chi connectivity index (χ2v) is 16.9. The number of aromatic nitrogens is 3. The van der Waals surface area contributed by atoms with Gasteiger partial charge in [0.2, 0.25) is 5.91 Å². The van der Waals surface area contributed by atoms with Gasteiger partial charge in [0.1, 0.15) is 12.1 Å². The molecule has 290 valence electrons. The van der Waals surface area contributed by atoms with Crippen molar-refractivity contribution >= 4 is 40.0 Å². The normalized spacial score (nSPS) is 20.5. The van der Waals surface area contributed by atoms with Crippen molar-refractivity contribution in [2.24, 2.45) is 11.3 Å². The monoisotopic (exact) mass is 757 g/mol. The Morgan fingerprint density at radius 1 is 1.20 bits per heavy atom. The summed E-state index contributed by atoms with van der Waals surface area (Å²) >= 11 is 1.47. The van der Waals surface area contributed by atoms with E-state index >= 15 is 0 Å². The number of thiazole rings is 1. The zero-order valence-electron chi connectivity index (χ0n) is 33.1. The number of amides is 2. The third-order valence-corrected chi connectivity index (χ3v) is 11.5. The van der Waals surface area contributed by atoms with Gasteiger partial charge in [-0.25, -0.2) is 10.4 Å². The summed E-state index contributed by atoms with van der Waals surface area (Å²) in [5.74, 6) is -0.916. The van der Waals surface area contributed by atoms with E-state index in [0.717, 1.165) is 56.2 Å². The molecular formula is C41H55N7O5S.